The monoisotopic (exact) mass is 313 g/mol. The first-order valence-corrected chi connectivity index (χ1v) is 7.70. The Hall–Kier alpha value is -2.57. The van der Waals surface area contributed by atoms with Crippen LogP contribution in [-0.2, 0) is 0 Å². The first-order chi connectivity index (χ1) is 11.2. The third-order valence-corrected chi connectivity index (χ3v) is 4.37. The Morgan fingerprint density at radius 3 is 2.96 bits per heavy atom. The van der Waals surface area contributed by atoms with Crippen LogP contribution in [0.4, 0.5) is 4.39 Å². The minimum Gasteiger partial charge on any atom is -0.349 e. The number of hydrogen-bond donors (Lipinski definition) is 1. The summed E-state index contributed by atoms with van der Waals surface area (Å²) in [4.78, 5) is 12.4. The van der Waals surface area contributed by atoms with Crippen LogP contribution in [0.25, 0.3) is 5.69 Å². The molecule has 118 valence electrons. The lowest BCUT2D eigenvalue weighted by Gasteiger charge is -2.26. The van der Waals surface area contributed by atoms with Gasteiger partial charge in [0, 0.05) is 18.7 Å². The number of nitrogens with zero attached hydrogens (tertiary/aromatic N) is 4. The Kier molecular flexibility index (Phi) is 3.21. The summed E-state index contributed by atoms with van der Waals surface area (Å²) in [6, 6.07) is 6.39. The second-order valence-electron chi connectivity index (χ2n) is 6.07. The summed E-state index contributed by atoms with van der Waals surface area (Å²) < 4.78 is 15.1. The molecule has 1 aromatic carbocycles. The van der Waals surface area contributed by atoms with Gasteiger partial charge in [-0.25, -0.2) is 9.07 Å². The highest BCUT2D eigenvalue weighted by Gasteiger charge is 2.44. The molecule has 1 aromatic heterocycles. The summed E-state index contributed by atoms with van der Waals surface area (Å²) in [6.45, 7) is 0. The SMILES string of the molecule is O=C(NC1CCCC2(C1)N=N2)c1cnn(-c2ccccc2F)c1. The number of carbonyl (C=O) groups is 1. The molecule has 1 amide bonds. The van der Waals surface area contributed by atoms with Gasteiger partial charge in [-0.3, -0.25) is 4.79 Å². The van der Waals surface area contributed by atoms with Gasteiger partial charge in [0.15, 0.2) is 5.66 Å². The Balaban J connectivity index is 1.46. The summed E-state index contributed by atoms with van der Waals surface area (Å²) in [5.74, 6) is -0.580. The Morgan fingerprint density at radius 2 is 2.17 bits per heavy atom. The van der Waals surface area contributed by atoms with Gasteiger partial charge in [0.1, 0.15) is 11.5 Å². The summed E-state index contributed by atoms with van der Waals surface area (Å²) >= 11 is 0. The molecule has 1 aliphatic heterocycles. The van der Waals surface area contributed by atoms with Crippen molar-refractivity contribution in [3.63, 3.8) is 0 Å². The highest BCUT2D eigenvalue weighted by molar-refractivity contribution is 5.94. The smallest absolute Gasteiger partial charge is 0.254 e. The highest BCUT2D eigenvalue weighted by Crippen LogP contribution is 2.42. The average Bonchev–Trinajstić information content (AvgIpc) is 3.11. The number of carbonyl (C=O) groups excluding carboxylic acids is 1. The van der Waals surface area contributed by atoms with E-state index in [1.165, 1.54) is 23.1 Å². The van der Waals surface area contributed by atoms with Crippen LogP contribution in [0.2, 0.25) is 0 Å². The Morgan fingerprint density at radius 1 is 1.35 bits per heavy atom. The van der Waals surface area contributed by atoms with Crippen LogP contribution >= 0.6 is 0 Å². The minimum atomic E-state index is -0.381. The van der Waals surface area contributed by atoms with Gasteiger partial charge in [-0.05, 0) is 31.4 Å². The van der Waals surface area contributed by atoms with Crippen molar-refractivity contribution in [3.05, 3.63) is 48.0 Å². The topological polar surface area (TPSA) is 71.6 Å². The van der Waals surface area contributed by atoms with Crippen LogP contribution in [-0.4, -0.2) is 27.4 Å². The second kappa shape index (κ2) is 5.26. The number of benzene rings is 1. The van der Waals surface area contributed by atoms with Gasteiger partial charge in [0.2, 0.25) is 0 Å². The molecule has 1 saturated carbocycles. The molecule has 1 atom stereocenters. The lowest BCUT2D eigenvalue weighted by Crippen LogP contribution is -2.40. The molecule has 1 aliphatic carbocycles. The lowest BCUT2D eigenvalue weighted by atomic mass is 9.88. The maximum atomic E-state index is 13.8. The Bertz CT molecular complexity index is 778. The third-order valence-electron chi connectivity index (χ3n) is 4.37. The van der Waals surface area contributed by atoms with Crippen LogP contribution < -0.4 is 5.32 Å². The van der Waals surface area contributed by atoms with E-state index in [0.717, 1.165) is 25.7 Å². The molecule has 1 fully saturated rings. The highest BCUT2D eigenvalue weighted by atomic mass is 19.1. The maximum Gasteiger partial charge on any atom is 0.254 e. The molecule has 2 aromatic rings. The van der Waals surface area contributed by atoms with E-state index in [4.69, 9.17) is 0 Å². The molecule has 1 unspecified atom stereocenters. The quantitative estimate of drug-likeness (QED) is 0.946. The van der Waals surface area contributed by atoms with E-state index in [1.54, 1.807) is 18.2 Å². The van der Waals surface area contributed by atoms with Crippen molar-refractivity contribution in [3.8, 4) is 5.69 Å². The van der Waals surface area contributed by atoms with E-state index < -0.39 is 0 Å². The summed E-state index contributed by atoms with van der Waals surface area (Å²) in [5.41, 5.74) is 0.504. The number of aromatic nitrogens is 2. The van der Waals surface area contributed by atoms with Gasteiger partial charge < -0.3 is 5.32 Å². The summed E-state index contributed by atoms with van der Waals surface area (Å²) in [5, 5.41) is 15.3. The molecular weight excluding hydrogens is 297 g/mol. The van der Waals surface area contributed by atoms with E-state index in [-0.39, 0.29) is 23.4 Å². The number of hydrogen-bond acceptors (Lipinski definition) is 4. The van der Waals surface area contributed by atoms with Crippen LogP contribution in [0.3, 0.4) is 0 Å². The molecule has 0 bridgehead atoms. The zero-order valence-electron chi connectivity index (χ0n) is 12.4. The van der Waals surface area contributed by atoms with Crippen LogP contribution in [0.5, 0.6) is 0 Å². The standard InChI is InChI=1S/C16H16FN5O/c17-13-5-1-2-6-14(13)22-10-11(9-18-22)15(23)19-12-4-3-7-16(8-12)20-21-16/h1-2,5-6,9-10,12H,3-4,7-8H2,(H,19,23). The zero-order chi connectivity index (χ0) is 15.9. The van der Waals surface area contributed by atoms with Crippen molar-refractivity contribution in [1.82, 2.24) is 15.1 Å². The fourth-order valence-electron chi connectivity index (χ4n) is 3.08. The molecule has 2 heterocycles. The van der Waals surface area contributed by atoms with Gasteiger partial charge in [-0.1, -0.05) is 12.1 Å². The molecule has 4 rings (SSSR count). The molecule has 1 spiro atoms. The maximum absolute atomic E-state index is 13.8. The van der Waals surface area contributed by atoms with Crippen LogP contribution in [0.1, 0.15) is 36.0 Å². The lowest BCUT2D eigenvalue weighted by molar-refractivity contribution is 0.0922. The number of para-hydroxylation sites is 1. The number of amides is 1. The minimum absolute atomic E-state index is 0.0723. The summed E-state index contributed by atoms with van der Waals surface area (Å²) in [6.07, 6.45) is 6.67. The van der Waals surface area contributed by atoms with E-state index >= 15 is 0 Å². The van der Waals surface area contributed by atoms with Gasteiger partial charge in [0.05, 0.1) is 11.8 Å². The van der Waals surface area contributed by atoms with Gasteiger partial charge >= 0.3 is 0 Å². The van der Waals surface area contributed by atoms with Crippen molar-refractivity contribution < 1.29 is 9.18 Å². The van der Waals surface area contributed by atoms with Crippen molar-refractivity contribution >= 4 is 5.91 Å². The molecule has 0 saturated heterocycles. The normalized spacial score (nSPS) is 21.3. The molecule has 1 N–H and O–H groups in total. The number of nitrogens with one attached hydrogen (secondary N) is 1. The van der Waals surface area contributed by atoms with Crippen molar-refractivity contribution in [2.75, 3.05) is 0 Å². The van der Waals surface area contributed by atoms with E-state index in [9.17, 15) is 9.18 Å². The predicted octanol–water partition coefficient (Wildman–Crippen LogP) is 2.85. The molecule has 7 heteroatoms. The molecule has 23 heavy (non-hydrogen) atoms. The van der Waals surface area contributed by atoms with Gasteiger partial charge in [-0.15, -0.1) is 0 Å². The summed E-state index contributed by atoms with van der Waals surface area (Å²) in [7, 11) is 0. The van der Waals surface area contributed by atoms with Gasteiger partial charge in [0.25, 0.3) is 5.91 Å². The first kappa shape index (κ1) is 14.0. The first-order valence-electron chi connectivity index (χ1n) is 7.70. The number of rotatable bonds is 3. The number of halogens is 1. The molecular formula is C16H16FN5O. The Labute approximate surface area is 132 Å². The fourth-order valence-corrected chi connectivity index (χ4v) is 3.08. The molecule has 6 nitrogen and oxygen atoms in total. The average molecular weight is 313 g/mol. The van der Waals surface area contributed by atoms with Crippen LogP contribution in [0, 0.1) is 5.82 Å². The largest absolute Gasteiger partial charge is 0.349 e. The van der Waals surface area contributed by atoms with Crippen LogP contribution in [0.15, 0.2) is 46.9 Å². The van der Waals surface area contributed by atoms with E-state index in [0.29, 0.717) is 11.3 Å². The molecule has 0 radical (unpaired) electrons. The van der Waals surface area contributed by atoms with Crippen molar-refractivity contribution in [1.29, 1.82) is 0 Å². The molecule has 2 aliphatic rings. The zero-order valence-corrected chi connectivity index (χ0v) is 12.4. The predicted molar refractivity (Wildman–Crippen MR) is 80.8 cm³/mol. The van der Waals surface area contributed by atoms with Crippen molar-refractivity contribution in [2.45, 2.75) is 37.4 Å². The third kappa shape index (κ3) is 2.74. The van der Waals surface area contributed by atoms with Crippen molar-refractivity contribution in [2.24, 2.45) is 10.2 Å². The van der Waals surface area contributed by atoms with E-state index in [1.807, 2.05) is 0 Å². The second-order valence-corrected chi connectivity index (χ2v) is 6.07. The van der Waals surface area contributed by atoms with E-state index in [2.05, 4.69) is 20.6 Å². The van der Waals surface area contributed by atoms with Gasteiger partial charge in [-0.2, -0.15) is 15.3 Å². The fraction of sp³-hybridized carbons (Fsp3) is 0.375.